The predicted octanol–water partition coefficient (Wildman–Crippen LogP) is 3.68. The van der Waals surface area contributed by atoms with Gasteiger partial charge in [0.1, 0.15) is 10.1 Å². The molecular formula is C36H19CrN6NaO11S-. The van der Waals surface area contributed by atoms with Crippen molar-refractivity contribution in [1.29, 1.82) is 0 Å². The summed E-state index contributed by atoms with van der Waals surface area (Å²) >= 11 is 0. The van der Waals surface area contributed by atoms with Gasteiger partial charge in [-0.3, -0.25) is 20.2 Å². The van der Waals surface area contributed by atoms with Crippen LogP contribution in [-0.4, -0.2) is 22.8 Å². The second-order valence-corrected chi connectivity index (χ2v) is 12.6. The second kappa shape index (κ2) is 17.6. The van der Waals surface area contributed by atoms with Crippen LogP contribution in [0.4, 0.5) is 34.1 Å². The van der Waals surface area contributed by atoms with E-state index < -0.39 is 47.8 Å². The Morgan fingerprint density at radius 3 is 1.45 bits per heavy atom. The molecule has 20 heteroatoms. The molecule has 0 amide bonds. The minimum atomic E-state index is -5.11. The van der Waals surface area contributed by atoms with E-state index in [-0.39, 0.29) is 91.9 Å². The van der Waals surface area contributed by atoms with E-state index in [1.165, 1.54) is 18.2 Å². The van der Waals surface area contributed by atoms with Crippen molar-refractivity contribution in [2.45, 2.75) is 4.90 Å². The van der Waals surface area contributed by atoms with Crippen LogP contribution < -0.4 is 50.0 Å². The third kappa shape index (κ3) is 9.08. The molecule has 0 spiro atoms. The fourth-order valence-electron chi connectivity index (χ4n) is 5.34. The van der Waals surface area contributed by atoms with Crippen LogP contribution in [0.5, 0.6) is 23.0 Å². The second-order valence-electron chi connectivity index (χ2n) is 11.2. The Labute approximate surface area is 348 Å². The largest absolute Gasteiger partial charge is 3.00 e. The van der Waals surface area contributed by atoms with Gasteiger partial charge in [0.15, 0.2) is 0 Å². The standard InChI is InChI=1S/C20H13N3O7S.C16H11N3O4.Cr.Na/c24-16-8-5-11-3-1-2-4-13(11)19(16)21-22-20-14-7-6-12(23(26)27)9-15(14)18(10-17(20)25)31(28,29)30;20-14-8-5-10-3-1-2-4-12(10)16(14)18-17-13-7-6-11(19(22)23)9-15(13)21;;/h1-10,24-25H,(H,28,29,30);1-9,20-21H;;/q;;+3;+1/p-5. The van der Waals surface area contributed by atoms with E-state index in [0.717, 1.165) is 35.7 Å². The molecule has 0 aliphatic heterocycles. The molecule has 0 aromatic heterocycles. The van der Waals surface area contributed by atoms with Crippen LogP contribution in [0.2, 0.25) is 0 Å². The van der Waals surface area contributed by atoms with Crippen LogP contribution >= 0.6 is 0 Å². The Balaban J connectivity index is 0.000000250. The molecule has 0 atom stereocenters. The summed E-state index contributed by atoms with van der Waals surface area (Å²) < 4.78 is 34.8. The van der Waals surface area contributed by atoms with Crippen LogP contribution in [0.3, 0.4) is 0 Å². The zero-order valence-electron chi connectivity index (χ0n) is 28.5. The maximum absolute atomic E-state index is 12.5. The monoisotopic (exact) mass is 818 g/mol. The first-order valence-electron chi connectivity index (χ1n) is 15.3. The van der Waals surface area contributed by atoms with Gasteiger partial charge in [-0.2, -0.15) is 20.5 Å². The predicted molar refractivity (Wildman–Crippen MR) is 186 cm³/mol. The average Bonchev–Trinajstić information content (AvgIpc) is 3.14. The molecule has 0 saturated carbocycles. The van der Waals surface area contributed by atoms with Gasteiger partial charge in [-0.1, -0.05) is 95.8 Å². The topological polar surface area (TPSA) is 285 Å². The summed E-state index contributed by atoms with van der Waals surface area (Å²) in [5, 5.41) is 87.8. The molecule has 0 unspecified atom stereocenters. The molecule has 0 N–H and O–H groups in total. The molecule has 0 saturated heterocycles. The van der Waals surface area contributed by atoms with Gasteiger partial charge < -0.3 is 25.0 Å². The molecule has 1 radical (unpaired) electrons. The smallest absolute Gasteiger partial charge is 0.871 e. The third-order valence-corrected chi connectivity index (χ3v) is 8.76. The minimum absolute atomic E-state index is 0. The molecule has 273 valence electrons. The van der Waals surface area contributed by atoms with E-state index in [1.54, 1.807) is 48.5 Å². The number of nitro benzene ring substituents is 2. The summed E-state index contributed by atoms with van der Waals surface area (Å²) in [6.07, 6.45) is 0. The van der Waals surface area contributed by atoms with Crippen LogP contribution in [0, 0.1) is 20.2 Å². The van der Waals surface area contributed by atoms with Crippen LogP contribution in [-0.2, 0) is 27.5 Å². The van der Waals surface area contributed by atoms with Crippen molar-refractivity contribution in [2.75, 3.05) is 0 Å². The van der Waals surface area contributed by atoms with Crippen molar-refractivity contribution in [3.63, 3.8) is 0 Å². The summed E-state index contributed by atoms with van der Waals surface area (Å²) in [6.45, 7) is 0. The Morgan fingerprint density at radius 1 is 0.482 bits per heavy atom. The Hall–Kier alpha value is -6.04. The molecule has 0 aliphatic rings. The molecule has 7 aromatic rings. The Bertz CT molecular complexity index is 2840. The molecule has 0 fully saturated rings. The van der Waals surface area contributed by atoms with Crippen LogP contribution in [0.1, 0.15) is 0 Å². The van der Waals surface area contributed by atoms with Gasteiger partial charge >= 0.3 is 46.9 Å². The SMILES string of the molecule is O=[N+]([O-])c1ccc(N=Nc2c([O-])ccc3ccccc23)c([O-])c1.O=[N+]([O-])c1ccc2c(N=Nc3c([O-])ccc4ccccc34)c([O-])cc(S(=O)(=O)[O-])c2c1.[Cr+3].[Na+]. The van der Waals surface area contributed by atoms with Crippen LogP contribution in [0.25, 0.3) is 32.3 Å². The van der Waals surface area contributed by atoms with E-state index in [4.69, 9.17) is 0 Å². The molecule has 0 bridgehead atoms. The van der Waals surface area contributed by atoms with Crippen molar-refractivity contribution in [3.8, 4) is 23.0 Å². The number of rotatable bonds is 7. The summed E-state index contributed by atoms with van der Waals surface area (Å²) in [7, 11) is -5.11. The van der Waals surface area contributed by atoms with Gasteiger partial charge in [-0.25, -0.2) is 8.42 Å². The fourth-order valence-corrected chi connectivity index (χ4v) is 6.03. The Kier molecular flexibility index (Phi) is 13.4. The van der Waals surface area contributed by atoms with E-state index in [9.17, 15) is 53.6 Å². The first kappa shape index (κ1) is 42.7. The summed E-state index contributed by atoms with van der Waals surface area (Å²) in [6, 6.07) is 26.8. The number of nitro groups is 2. The normalized spacial score (nSPS) is 11.2. The summed E-state index contributed by atoms with van der Waals surface area (Å²) in [5.74, 6) is -2.33. The van der Waals surface area contributed by atoms with Crippen molar-refractivity contribution in [3.05, 3.63) is 135 Å². The molecule has 7 aromatic carbocycles. The first-order chi connectivity index (χ1) is 25.7. The first-order valence-corrected chi connectivity index (χ1v) is 16.7. The average molecular weight is 819 g/mol. The maximum Gasteiger partial charge on any atom is 3.00 e. The minimum Gasteiger partial charge on any atom is -0.871 e. The Morgan fingerprint density at radius 2 is 0.946 bits per heavy atom. The molecule has 7 rings (SSSR count). The van der Waals surface area contributed by atoms with Gasteiger partial charge in [0.25, 0.3) is 11.4 Å². The van der Waals surface area contributed by atoms with Gasteiger partial charge in [0.05, 0.1) is 37.5 Å². The molecular weight excluding hydrogens is 799 g/mol. The van der Waals surface area contributed by atoms with Gasteiger partial charge in [-0.05, 0) is 29.0 Å². The molecule has 17 nitrogen and oxygen atoms in total. The molecule has 56 heavy (non-hydrogen) atoms. The van der Waals surface area contributed by atoms with Gasteiger partial charge in [-0.15, -0.1) is 0 Å². The van der Waals surface area contributed by atoms with Crippen LogP contribution in [0.15, 0.2) is 141 Å². The quantitative estimate of drug-likeness (QED) is 0.0735. The number of hydrogen-bond donors (Lipinski definition) is 0. The summed E-state index contributed by atoms with van der Waals surface area (Å²) in [5.41, 5.74) is -1.13. The van der Waals surface area contributed by atoms with Crippen molar-refractivity contribution >= 4 is 76.6 Å². The van der Waals surface area contributed by atoms with Gasteiger partial charge in [0, 0.05) is 45.8 Å². The van der Waals surface area contributed by atoms with Crippen molar-refractivity contribution in [1.82, 2.24) is 0 Å². The van der Waals surface area contributed by atoms with Crippen molar-refractivity contribution in [2.24, 2.45) is 20.5 Å². The van der Waals surface area contributed by atoms with E-state index in [2.05, 4.69) is 20.5 Å². The van der Waals surface area contributed by atoms with E-state index >= 15 is 0 Å². The maximum atomic E-state index is 12.5. The van der Waals surface area contributed by atoms with Gasteiger partial charge in [0.2, 0.25) is 0 Å². The van der Waals surface area contributed by atoms with E-state index in [1.807, 2.05) is 12.1 Å². The van der Waals surface area contributed by atoms with Crippen molar-refractivity contribution < 1.29 is 90.2 Å². The number of non-ortho nitro benzene ring substituents is 2. The summed E-state index contributed by atoms with van der Waals surface area (Å²) in [4.78, 5) is 19.3. The molecule has 0 heterocycles. The fraction of sp³-hybridized carbons (Fsp3) is 0. The number of fused-ring (bicyclic) bond motifs is 3. The zero-order chi connectivity index (χ0) is 38.7. The zero-order valence-corrected chi connectivity index (χ0v) is 32.6. The van der Waals surface area contributed by atoms with E-state index in [0.29, 0.717) is 22.2 Å². The number of benzene rings is 7. The number of azo groups is 2. The third-order valence-electron chi connectivity index (χ3n) is 7.89. The molecule has 0 aliphatic carbocycles. The number of nitrogens with zero attached hydrogens (tertiary/aromatic N) is 6. The number of hydrogen-bond acceptors (Lipinski definition) is 15.